The highest BCUT2D eigenvalue weighted by Gasteiger charge is 2.56. The summed E-state index contributed by atoms with van der Waals surface area (Å²) in [6.07, 6.45) is 16.6. The monoisotopic (exact) mass is 595 g/mol. The second-order valence-electron chi connectivity index (χ2n) is 20.0. The molecule has 0 aromatic heterocycles. The Morgan fingerprint density at radius 1 is 0.233 bits per heavy atom. The SMILES string of the molecule is CC1CC(C)C2C(C)CC(C)CC2C1.CC1CC(C)C2C1CC1C(C)CC(C)C12.CC1CC(C)C2CC(C)CC(C)C2C1. The largest absolute Gasteiger partial charge is 0.0625 e. The Labute approximate surface area is 271 Å². The average molecular weight is 595 g/mol. The second kappa shape index (κ2) is 14.0. The zero-order valence-corrected chi connectivity index (χ0v) is 31.3. The number of hydrogen-bond acceptors (Lipinski definition) is 0. The third kappa shape index (κ3) is 7.29. The Morgan fingerprint density at radius 3 is 0.930 bits per heavy atom. The van der Waals surface area contributed by atoms with Crippen LogP contribution in [-0.2, 0) is 0 Å². The molecule has 0 heterocycles. The molecule has 7 rings (SSSR count). The molecule has 43 heavy (non-hydrogen) atoms. The molecule has 18 unspecified atom stereocenters. The van der Waals surface area contributed by atoms with Gasteiger partial charge in [0, 0.05) is 0 Å². The Bertz CT molecular complexity index is 805. The highest BCUT2D eigenvalue weighted by molar-refractivity contribution is 5.05. The summed E-state index contributed by atoms with van der Waals surface area (Å²) in [6, 6.07) is 0. The molecule has 7 fully saturated rings. The molecule has 18 atom stereocenters. The van der Waals surface area contributed by atoms with Crippen LogP contribution < -0.4 is 0 Å². The minimum Gasteiger partial charge on any atom is -0.0625 e. The molecular formula is C43H78. The highest BCUT2D eigenvalue weighted by Crippen LogP contribution is 2.63. The molecule has 0 aliphatic heterocycles. The molecule has 0 spiro atoms. The normalized spacial score (nSPS) is 57.2. The van der Waals surface area contributed by atoms with Crippen LogP contribution in [0.15, 0.2) is 0 Å². The van der Waals surface area contributed by atoms with Crippen molar-refractivity contribution in [3.63, 3.8) is 0 Å². The first kappa shape index (κ1) is 34.3. The molecule has 0 heteroatoms. The van der Waals surface area contributed by atoms with Crippen molar-refractivity contribution >= 4 is 0 Å². The van der Waals surface area contributed by atoms with Crippen LogP contribution in [0, 0.1) is 118 Å². The third-order valence-electron chi connectivity index (χ3n) is 16.0. The predicted octanol–water partition coefficient (Wildman–Crippen LogP) is 12.9. The van der Waals surface area contributed by atoms with Crippen LogP contribution in [0.25, 0.3) is 0 Å². The molecule has 0 nitrogen and oxygen atoms in total. The van der Waals surface area contributed by atoms with Gasteiger partial charge in [-0.3, -0.25) is 0 Å². The molecule has 0 amide bonds. The van der Waals surface area contributed by atoms with Crippen molar-refractivity contribution in [3.05, 3.63) is 0 Å². The second-order valence-corrected chi connectivity index (χ2v) is 20.0. The fourth-order valence-corrected chi connectivity index (χ4v) is 15.0. The van der Waals surface area contributed by atoms with E-state index in [-0.39, 0.29) is 0 Å². The van der Waals surface area contributed by atoms with Crippen molar-refractivity contribution in [2.75, 3.05) is 0 Å². The van der Waals surface area contributed by atoms with Crippen LogP contribution in [0.2, 0.25) is 0 Å². The van der Waals surface area contributed by atoms with Crippen LogP contribution in [0.3, 0.4) is 0 Å². The molecule has 250 valence electrons. The van der Waals surface area contributed by atoms with Gasteiger partial charge in [0.2, 0.25) is 0 Å². The van der Waals surface area contributed by atoms with E-state index in [4.69, 9.17) is 0 Å². The van der Waals surface area contributed by atoms with Crippen molar-refractivity contribution in [2.45, 2.75) is 154 Å². The summed E-state index contributed by atoms with van der Waals surface area (Å²) in [5, 5.41) is 0. The summed E-state index contributed by atoms with van der Waals surface area (Å²) in [5.74, 6) is 20.7. The molecule has 7 aliphatic carbocycles. The van der Waals surface area contributed by atoms with Crippen LogP contribution in [0.4, 0.5) is 0 Å². The fraction of sp³-hybridized carbons (Fsp3) is 1.00. The standard InChI is InChI=1S/C15H26.2C14H26/c1-8-5-10(3)14-12(8)7-13-9(2)6-11(4)15(13)14;1-9-5-11(3)14-8-10(2)6-12(4)13(14)7-9;1-9-5-11(3)14-12(4)6-10(2)8-13(14)7-9/h8-15H,5-7H2,1-4H3;2*9-14H,5-8H2,1-4H3. The Morgan fingerprint density at radius 2 is 0.535 bits per heavy atom. The van der Waals surface area contributed by atoms with Crippen LogP contribution >= 0.6 is 0 Å². The summed E-state index contributed by atoms with van der Waals surface area (Å²) in [6.45, 7) is 29.9. The molecule has 0 saturated heterocycles. The molecule has 0 bridgehead atoms. The average Bonchev–Trinajstić information content (AvgIpc) is 3.51. The summed E-state index contributed by atoms with van der Waals surface area (Å²) >= 11 is 0. The van der Waals surface area contributed by atoms with Gasteiger partial charge in [-0.05, 0) is 189 Å². The van der Waals surface area contributed by atoms with Crippen molar-refractivity contribution in [3.8, 4) is 0 Å². The summed E-state index contributed by atoms with van der Waals surface area (Å²) in [4.78, 5) is 0. The Kier molecular flexibility index (Phi) is 11.2. The van der Waals surface area contributed by atoms with E-state index in [1.807, 2.05) is 0 Å². The fourth-order valence-electron chi connectivity index (χ4n) is 15.0. The van der Waals surface area contributed by atoms with Crippen LogP contribution in [-0.4, -0.2) is 0 Å². The summed E-state index contributed by atoms with van der Waals surface area (Å²) in [7, 11) is 0. The van der Waals surface area contributed by atoms with Gasteiger partial charge in [0.15, 0.2) is 0 Å². The Balaban J connectivity index is 0.000000129. The van der Waals surface area contributed by atoms with E-state index >= 15 is 0 Å². The van der Waals surface area contributed by atoms with Gasteiger partial charge in [0.1, 0.15) is 0 Å². The molecular weight excluding hydrogens is 516 g/mol. The van der Waals surface area contributed by atoms with E-state index in [0.29, 0.717) is 0 Å². The van der Waals surface area contributed by atoms with E-state index in [2.05, 4.69) is 83.1 Å². The van der Waals surface area contributed by atoms with Gasteiger partial charge in [-0.25, -0.2) is 0 Å². The first-order valence-electron chi connectivity index (χ1n) is 20.2. The van der Waals surface area contributed by atoms with Gasteiger partial charge in [0.05, 0.1) is 0 Å². The van der Waals surface area contributed by atoms with E-state index in [9.17, 15) is 0 Å². The van der Waals surface area contributed by atoms with Gasteiger partial charge in [-0.1, -0.05) is 83.1 Å². The van der Waals surface area contributed by atoms with Gasteiger partial charge >= 0.3 is 0 Å². The van der Waals surface area contributed by atoms with E-state index < -0.39 is 0 Å². The van der Waals surface area contributed by atoms with E-state index in [1.54, 1.807) is 6.42 Å². The van der Waals surface area contributed by atoms with Crippen molar-refractivity contribution < 1.29 is 0 Å². The predicted molar refractivity (Wildman–Crippen MR) is 189 cm³/mol. The quantitative estimate of drug-likeness (QED) is 0.262. The van der Waals surface area contributed by atoms with Crippen LogP contribution in [0.5, 0.6) is 0 Å². The lowest BCUT2D eigenvalue weighted by Gasteiger charge is -2.48. The molecule has 0 aromatic rings. The molecule has 0 N–H and O–H groups in total. The minimum absolute atomic E-state index is 0.988. The summed E-state index contributed by atoms with van der Waals surface area (Å²) in [5.41, 5.74) is 0. The lowest BCUT2D eigenvalue weighted by molar-refractivity contribution is 0.0196. The molecule has 7 saturated carbocycles. The van der Waals surface area contributed by atoms with Gasteiger partial charge in [-0.15, -0.1) is 0 Å². The van der Waals surface area contributed by atoms with Gasteiger partial charge < -0.3 is 0 Å². The smallest absolute Gasteiger partial charge is 0.0324 e. The molecule has 0 radical (unpaired) electrons. The first-order valence-corrected chi connectivity index (χ1v) is 20.2. The highest BCUT2D eigenvalue weighted by atomic mass is 14.6. The lowest BCUT2D eigenvalue weighted by Crippen LogP contribution is -2.39. The number of hydrogen-bond donors (Lipinski definition) is 0. The lowest BCUT2D eigenvalue weighted by atomic mass is 9.58. The molecule has 7 aliphatic rings. The van der Waals surface area contributed by atoms with E-state index in [0.717, 1.165) is 118 Å². The third-order valence-corrected chi connectivity index (χ3v) is 16.0. The number of fused-ring (bicyclic) bond motifs is 5. The first-order chi connectivity index (χ1) is 20.2. The maximum absolute atomic E-state index is 2.53. The summed E-state index contributed by atoms with van der Waals surface area (Å²) < 4.78 is 0. The maximum Gasteiger partial charge on any atom is -0.0324 e. The topological polar surface area (TPSA) is 0 Å². The number of rotatable bonds is 0. The van der Waals surface area contributed by atoms with Gasteiger partial charge in [-0.2, -0.15) is 0 Å². The minimum atomic E-state index is 0.988. The van der Waals surface area contributed by atoms with Gasteiger partial charge in [0.25, 0.3) is 0 Å². The zero-order valence-electron chi connectivity index (χ0n) is 31.3. The molecule has 0 aromatic carbocycles. The van der Waals surface area contributed by atoms with Crippen molar-refractivity contribution in [1.82, 2.24) is 0 Å². The van der Waals surface area contributed by atoms with Crippen LogP contribution in [0.1, 0.15) is 154 Å². The Hall–Kier alpha value is 0. The van der Waals surface area contributed by atoms with Crippen molar-refractivity contribution in [2.24, 2.45) is 118 Å². The van der Waals surface area contributed by atoms with E-state index in [1.165, 1.54) is 64.2 Å². The van der Waals surface area contributed by atoms with Crippen molar-refractivity contribution in [1.29, 1.82) is 0 Å². The maximum atomic E-state index is 2.53. The zero-order chi connectivity index (χ0) is 31.3.